The summed E-state index contributed by atoms with van der Waals surface area (Å²) in [5.41, 5.74) is 11.2. The molecule has 0 saturated heterocycles. The third-order valence-corrected chi connectivity index (χ3v) is 12.3. The van der Waals surface area contributed by atoms with Gasteiger partial charge in [-0.1, -0.05) is 147 Å². The van der Waals surface area contributed by atoms with E-state index < -0.39 is 14.0 Å². The standard InChI is InChI=1S/C35H28NO.C14H16NSi.Ir/c1-3-8-24(9-4-1)26-14-16-27(17-15-26)30-12-7-13-32-31-19-18-29(23-34(31)37-35(30)32)33-22-28(20-21-36-33)25-10-5-2-6-11-25;1-16(2,3)13-9-10-14(15-11-13)12-7-5-4-6-8-12;/h1,3-4,7-9,12-17,19-23,25H,2,5-6,10-11H2;4-7,9-11H,1-3H3;/q2*-1;/i25D;;. The van der Waals surface area contributed by atoms with Crippen LogP contribution in [-0.4, -0.2) is 18.0 Å². The van der Waals surface area contributed by atoms with E-state index in [9.17, 15) is 0 Å². The molecule has 3 aromatic heterocycles. The third kappa shape index (κ3) is 8.24. The number of hydrogen-bond donors (Lipinski definition) is 0. The van der Waals surface area contributed by atoms with Gasteiger partial charge in [0.05, 0.1) is 13.7 Å². The molecule has 1 fully saturated rings. The molecule has 3 heterocycles. The van der Waals surface area contributed by atoms with Gasteiger partial charge in [0.1, 0.15) is 5.58 Å². The fourth-order valence-corrected chi connectivity index (χ4v) is 8.23. The molecular formula is C49H44IrN2OSi-2. The maximum atomic E-state index is 9.04. The predicted octanol–water partition coefficient (Wildman–Crippen LogP) is 12.9. The second kappa shape index (κ2) is 16.6. The van der Waals surface area contributed by atoms with Crippen molar-refractivity contribution >= 4 is 35.2 Å². The fraction of sp³-hybridized carbons (Fsp3) is 0.184. The van der Waals surface area contributed by atoms with E-state index in [1.165, 1.54) is 22.7 Å². The van der Waals surface area contributed by atoms with Crippen LogP contribution in [0, 0.1) is 12.1 Å². The van der Waals surface area contributed by atoms with Gasteiger partial charge in [-0.25, -0.2) is 0 Å². The number of fused-ring (bicyclic) bond motifs is 3. The van der Waals surface area contributed by atoms with Gasteiger partial charge in [0, 0.05) is 39.4 Å². The second-order valence-corrected chi connectivity index (χ2v) is 20.0. The smallest absolute Gasteiger partial charge is 0.131 e. The molecule has 271 valence electrons. The van der Waals surface area contributed by atoms with Gasteiger partial charge in [-0.3, -0.25) is 0 Å². The minimum absolute atomic E-state index is 0. The van der Waals surface area contributed by atoms with E-state index in [2.05, 4.69) is 127 Å². The number of para-hydroxylation sites is 1. The van der Waals surface area contributed by atoms with Gasteiger partial charge in [-0.2, -0.15) is 0 Å². The third-order valence-electron chi connectivity index (χ3n) is 10.2. The molecule has 0 aliphatic heterocycles. The van der Waals surface area contributed by atoms with E-state index >= 15 is 0 Å². The first kappa shape index (κ1) is 36.1. The molecule has 0 atom stereocenters. The monoisotopic (exact) mass is 898 g/mol. The van der Waals surface area contributed by atoms with E-state index in [0.29, 0.717) is 0 Å². The first-order chi connectivity index (χ1) is 26.2. The Morgan fingerprint density at radius 3 is 2.15 bits per heavy atom. The Kier molecular flexibility index (Phi) is 11.1. The molecule has 3 nitrogen and oxygen atoms in total. The number of pyridine rings is 2. The van der Waals surface area contributed by atoms with Crippen LogP contribution in [0.3, 0.4) is 0 Å². The van der Waals surface area contributed by atoms with Crippen LogP contribution in [0.2, 0.25) is 19.6 Å². The van der Waals surface area contributed by atoms with E-state index in [1.807, 2.05) is 60.9 Å². The van der Waals surface area contributed by atoms with E-state index in [1.54, 1.807) is 0 Å². The molecule has 5 heteroatoms. The van der Waals surface area contributed by atoms with Gasteiger partial charge in [0.25, 0.3) is 0 Å². The van der Waals surface area contributed by atoms with Crippen molar-refractivity contribution in [3.8, 4) is 44.8 Å². The van der Waals surface area contributed by atoms with Gasteiger partial charge < -0.3 is 14.4 Å². The summed E-state index contributed by atoms with van der Waals surface area (Å²) in [5.74, 6) is -0.510. The zero-order chi connectivity index (χ0) is 37.1. The summed E-state index contributed by atoms with van der Waals surface area (Å²) in [4.78, 5) is 9.16. The summed E-state index contributed by atoms with van der Waals surface area (Å²) >= 11 is 0. The first-order valence-electron chi connectivity index (χ1n) is 19.2. The molecule has 8 aromatic rings. The average Bonchev–Trinajstić information content (AvgIpc) is 3.60. The van der Waals surface area contributed by atoms with Gasteiger partial charge in [-0.15, -0.1) is 53.6 Å². The molecule has 9 rings (SSSR count). The number of rotatable bonds is 6. The predicted molar refractivity (Wildman–Crippen MR) is 224 cm³/mol. The molecule has 54 heavy (non-hydrogen) atoms. The number of hydrogen-bond acceptors (Lipinski definition) is 3. The molecule has 0 unspecified atom stereocenters. The number of aromatic nitrogens is 2. The van der Waals surface area contributed by atoms with Crippen LogP contribution in [0.1, 0.15) is 44.9 Å². The zero-order valence-corrected chi connectivity index (χ0v) is 34.4. The van der Waals surface area contributed by atoms with Crippen LogP contribution >= 0.6 is 0 Å². The summed E-state index contributed by atoms with van der Waals surface area (Å²) in [6.07, 6.45) is 9.15. The quantitative estimate of drug-likeness (QED) is 0.123. The summed E-state index contributed by atoms with van der Waals surface area (Å²) in [6, 6.07) is 52.5. The van der Waals surface area contributed by atoms with Crippen LogP contribution in [0.15, 0.2) is 150 Å². The number of benzene rings is 5. The van der Waals surface area contributed by atoms with Crippen LogP contribution in [-0.2, 0) is 20.1 Å². The van der Waals surface area contributed by atoms with Gasteiger partial charge in [0.2, 0.25) is 0 Å². The van der Waals surface area contributed by atoms with Crippen molar-refractivity contribution in [1.29, 1.82) is 0 Å². The van der Waals surface area contributed by atoms with Crippen molar-refractivity contribution in [2.24, 2.45) is 0 Å². The Labute approximate surface area is 335 Å². The first-order valence-corrected chi connectivity index (χ1v) is 22.2. The van der Waals surface area contributed by atoms with Gasteiger partial charge >= 0.3 is 0 Å². The maximum absolute atomic E-state index is 9.04. The topological polar surface area (TPSA) is 38.9 Å². The molecule has 1 aliphatic carbocycles. The van der Waals surface area contributed by atoms with Crippen molar-refractivity contribution in [2.75, 3.05) is 0 Å². The molecule has 0 bridgehead atoms. The van der Waals surface area contributed by atoms with E-state index in [4.69, 9.17) is 5.79 Å². The van der Waals surface area contributed by atoms with E-state index in [-0.39, 0.29) is 20.1 Å². The van der Waals surface area contributed by atoms with Crippen molar-refractivity contribution in [1.82, 2.24) is 9.97 Å². The van der Waals surface area contributed by atoms with Crippen molar-refractivity contribution < 1.29 is 25.9 Å². The molecular weight excluding hydrogens is 853 g/mol. The van der Waals surface area contributed by atoms with Gasteiger partial charge in [-0.05, 0) is 63.5 Å². The van der Waals surface area contributed by atoms with Gasteiger partial charge in [0.15, 0.2) is 0 Å². The summed E-state index contributed by atoms with van der Waals surface area (Å²) < 4.78 is 15.5. The maximum Gasteiger partial charge on any atom is 0.131 e. The average molecular weight is 898 g/mol. The van der Waals surface area contributed by atoms with E-state index in [0.717, 1.165) is 86.8 Å². The molecule has 0 N–H and O–H groups in total. The summed E-state index contributed by atoms with van der Waals surface area (Å²) in [5, 5.41) is 3.53. The zero-order valence-electron chi connectivity index (χ0n) is 32.0. The molecule has 5 aromatic carbocycles. The molecule has 1 saturated carbocycles. The molecule has 0 spiro atoms. The Morgan fingerprint density at radius 1 is 0.667 bits per heavy atom. The SMILES string of the molecule is C[Si](C)(C)c1ccc(-c2[c-]cccc2)nc1.[2H]C1(c2ccnc(-c3[c-]cc4c(c3)oc3c(-c5ccc(-c6ccccc6)cc5)cccc34)c2)CCCCC1.[Ir]. The van der Waals surface area contributed by atoms with Crippen LogP contribution in [0.4, 0.5) is 0 Å². The van der Waals surface area contributed by atoms with Crippen LogP contribution < -0.4 is 5.19 Å². The van der Waals surface area contributed by atoms with Crippen LogP contribution in [0.25, 0.3) is 66.7 Å². The Hall–Kier alpha value is -4.93. The largest absolute Gasteiger partial charge is 0.476 e. The molecule has 1 aliphatic rings. The Bertz CT molecular complexity index is 2500. The van der Waals surface area contributed by atoms with Crippen molar-refractivity contribution in [3.05, 3.63) is 164 Å². The van der Waals surface area contributed by atoms with Crippen LogP contribution in [0.5, 0.6) is 0 Å². The Balaban J connectivity index is 0.000000231. The van der Waals surface area contributed by atoms with Crippen molar-refractivity contribution in [2.45, 2.75) is 57.6 Å². The van der Waals surface area contributed by atoms with Crippen molar-refractivity contribution in [3.63, 3.8) is 0 Å². The Morgan fingerprint density at radius 2 is 1.43 bits per heavy atom. The number of nitrogens with zero attached hydrogens (tertiary/aromatic N) is 2. The minimum atomic E-state index is -1.23. The molecule has 1 radical (unpaired) electrons. The normalized spacial score (nSPS) is 14.1. The minimum Gasteiger partial charge on any atom is -0.476 e. The number of furan rings is 1. The fourth-order valence-electron chi connectivity index (χ4n) is 7.20. The summed E-state index contributed by atoms with van der Waals surface area (Å²) in [6.45, 7) is 7.00. The second-order valence-electron chi connectivity index (χ2n) is 14.9. The summed E-state index contributed by atoms with van der Waals surface area (Å²) in [7, 11) is -1.23. The molecule has 0 amide bonds.